The largest absolute Gasteiger partial charge is 0.341 e. The molecule has 2 aromatic carbocycles. The van der Waals surface area contributed by atoms with Gasteiger partial charge in [0.25, 0.3) is 5.91 Å². The zero-order valence-corrected chi connectivity index (χ0v) is 20.6. The van der Waals surface area contributed by atoms with Crippen LogP contribution in [0.5, 0.6) is 0 Å². The van der Waals surface area contributed by atoms with Gasteiger partial charge in [-0.15, -0.1) is 0 Å². The molecule has 0 aliphatic carbocycles. The van der Waals surface area contributed by atoms with Crippen molar-refractivity contribution in [2.75, 3.05) is 38.0 Å². The van der Waals surface area contributed by atoms with Gasteiger partial charge < -0.3 is 15.5 Å². The van der Waals surface area contributed by atoms with Crippen molar-refractivity contribution in [3.05, 3.63) is 65.2 Å². The number of carbonyl (C=O) groups excluding carboxylic acids is 2. The van der Waals surface area contributed by atoms with Gasteiger partial charge in [-0.25, -0.2) is 0 Å². The highest BCUT2D eigenvalue weighted by atomic mass is 16.2. The number of anilines is 1. The van der Waals surface area contributed by atoms with Gasteiger partial charge in [0, 0.05) is 44.0 Å². The first-order chi connectivity index (χ1) is 15.7. The summed E-state index contributed by atoms with van der Waals surface area (Å²) in [6.45, 7) is 16.8. The second-order valence-electron chi connectivity index (χ2n) is 9.92. The summed E-state index contributed by atoms with van der Waals surface area (Å²) < 4.78 is 0. The molecule has 1 unspecified atom stereocenters. The molecule has 2 N–H and O–H groups in total. The van der Waals surface area contributed by atoms with E-state index in [4.69, 9.17) is 0 Å². The molecule has 0 aromatic heterocycles. The fraction of sp³-hybridized carbons (Fsp3) is 0.481. The van der Waals surface area contributed by atoms with Crippen molar-refractivity contribution in [1.29, 1.82) is 0 Å². The third-order valence-corrected chi connectivity index (χ3v) is 6.29. The Balaban J connectivity index is 1.48. The molecule has 2 amide bonds. The number of benzene rings is 2. The third kappa shape index (κ3) is 7.14. The highest BCUT2D eigenvalue weighted by Crippen LogP contribution is 2.22. The van der Waals surface area contributed by atoms with E-state index in [-0.39, 0.29) is 17.2 Å². The Hall–Kier alpha value is -2.70. The molecule has 1 fully saturated rings. The van der Waals surface area contributed by atoms with Crippen molar-refractivity contribution in [1.82, 2.24) is 15.1 Å². The minimum atomic E-state index is -0.644. The number of likely N-dealkylation sites (N-methyl/N-ethyl adjacent to an activating group) is 1. The zero-order valence-electron chi connectivity index (χ0n) is 20.6. The summed E-state index contributed by atoms with van der Waals surface area (Å²) in [6, 6.07) is 14.9. The van der Waals surface area contributed by atoms with Gasteiger partial charge in [-0.2, -0.15) is 0 Å². The van der Waals surface area contributed by atoms with E-state index in [0.717, 1.165) is 50.5 Å². The van der Waals surface area contributed by atoms with Crippen LogP contribution < -0.4 is 10.6 Å². The third-order valence-electron chi connectivity index (χ3n) is 6.29. The number of amides is 2. The number of hydrogen-bond acceptors (Lipinski definition) is 4. The average molecular weight is 451 g/mol. The SMILES string of the molecule is CCN1CCN(Cc2ccc(NC(=O)C(C)NC(=O)c3ccc(C(C)(C)C)cc3)cc2)CC1. The van der Waals surface area contributed by atoms with Crippen LogP contribution in [0.2, 0.25) is 0 Å². The lowest BCUT2D eigenvalue weighted by Crippen LogP contribution is -2.45. The van der Waals surface area contributed by atoms with Gasteiger partial charge >= 0.3 is 0 Å². The molecule has 1 atom stereocenters. The number of piperazine rings is 1. The van der Waals surface area contributed by atoms with Crippen molar-refractivity contribution < 1.29 is 9.59 Å². The van der Waals surface area contributed by atoms with Gasteiger partial charge in [-0.1, -0.05) is 52.0 Å². The van der Waals surface area contributed by atoms with Crippen LogP contribution in [-0.4, -0.2) is 60.4 Å². The Bertz CT molecular complexity index is 924. The molecule has 6 heteroatoms. The van der Waals surface area contributed by atoms with Gasteiger partial charge in [0.15, 0.2) is 0 Å². The van der Waals surface area contributed by atoms with Crippen LogP contribution in [0, 0.1) is 0 Å². The number of nitrogens with one attached hydrogen (secondary N) is 2. The zero-order chi connectivity index (χ0) is 24.0. The van der Waals surface area contributed by atoms with Gasteiger partial charge in [0.1, 0.15) is 6.04 Å². The Morgan fingerprint density at radius 3 is 2.03 bits per heavy atom. The molecule has 3 rings (SSSR count). The summed E-state index contributed by atoms with van der Waals surface area (Å²) in [6.07, 6.45) is 0. The quantitative estimate of drug-likeness (QED) is 0.672. The Kier molecular flexibility index (Phi) is 8.27. The van der Waals surface area contributed by atoms with Crippen LogP contribution in [0.3, 0.4) is 0 Å². The Morgan fingerprint density at radius 2 is 1.48 bits per heavy atom. The van der Waals surface area contributed by atoms with Crippen molar-refractivity contribution in [2.24, 2.45) is 0 Å². The number of hydrogen-bond donors (Lipinski definition) is 2. The average Bonchev–Trinajstić information content (AvgIpc) is 2.80. The lowest BCUT2D eigenvalue weighted by molar-refractivity contribution is -0.117. The smallest absolute Gasteiger partial charge is 0.251 e. The summed E-state index contributed by atoms with van der Waals surface area (Å²) in [5, 5.41) is 5.68. The van der Waals surface area contributed by atoms with E-state index >= 15 is 0 Å². The molecule has 178 valence electrons. The van der Waals surface area contributed by atoms with Gasteiger partial charge in [-0.05, 0) is 54.3 Å². The van der Waals surface area contributed by atoms with Crippen LogP contribution >= 0.6 is 0 Å². The highest BCUT2D eigenvalue weighted by Gasteiger charge is 2.19. The maximum atomic E-state index is 12.6. The molecule has 0 bridgehead atoms. The van der Waals surface area contributed by atoms with Crippen LogP contribution in [0.15, 0.2) is 48.5 Å². The van der Waals surface area contributed by atoms with Gasteiger partial charge in [0.05, 0.1) is 0 Å². The second kappa shape index (κ2) is 10.9. The molecule has 1 aliphatic rings. The van der Waals surface area contributed by atoms with E-state index in [2.05, 4.69) is 60.3 Å². The molecular weight excluding hydrogens is 412 g/mol. The van der Waals surface area contributed by atoms with Crippen molar-refractivity contribution in [2.45, 2.75) is 52.6 Å². The number of rotatable bonds is 7. The maximum absolute atomic E-state index is 12.6. The molecule has 0 radical (unpaired) electrons. The fourth-order valence-corrected chi connectivity index (χ4v) is 3.93. The van der Waals surface area contributed by atoms with Crippen molar-refractivity contribution in [3.8, 4) is 0 Å². The normalized spacial score (nSPS) is 16.3. The van der Waals surface area contributed by atoms with E-state index < -0.39 is 6.04 Å². The van der Waals surface area contributed by atoms with E-state index in [9.17, 15) is 9.59 Å². The molecule has 6 nitrogen and oxygen atoms in total. The Labute approximate surface area is 198 Å². The summed E-state index contributed by atoms with van der Waals surface area (Å²) in [7, 11) is 0. The molecule has 1 heterocycles. The first-order valence-electron chi connectivity index (χ1n) is 11.9. The molecule has 1 aliphatic heterocycles. The van der Waals surface area contributed by atoms with Crippen molar-refractivity contribution >= 4 is 17.5 Å². The summed E-state index contributed by atoms with van der Waals surface area (Å²) >= 11 is 0. The minimum absolute atomic E-state index is 0.0295. The molecule has 1 saturated heterocycles. The predicted octanol–water partition coefficient (Wildman–Crippen LogP) is 3.88. The Morgan fingerprint density at radius 1 is 0.909 bits per heavy atom. The topological polar surface area (TPSA) is 64.7 Å². The lowest BCUT2D eigenvalue weighted by atomic mass is 9.86. The van der Waals surface area contributed by atoms with Crippen LogP contribution in [0.1, 0.15) is 56.1 Å². The summed E-state index contributed by atoms with van der Waals surface area (Å²) in [5.74, 6) is -0.491. The van der Waals surface area contributed by atoms with E-state index in [1.165, 1.54) is 5.56 Å². The molecule has 2 aromatic rings. The molecule has 0 saturated carbocycles. The summed E-state index contributed by atoms with van der Waals surface area (Å²) in [5.41, 5.74) is 3.71. The molecular formula is C27H38N4O2. The van der Waals surface area contributed by atoms with E-state index in [0.29, 0.717) is 5.56 Å². The second-order valence-corrected chi connectivity index (χ2v) is 9.92. The van der Waals surface area contributed by atoms with E-state index in [1.807, 2.05) is 24.3 Å². The minimum Gasteiger partial charge on any atom is -0.341 e. The van der Waals surface area contributed by atoms with Crippen LogP contribution in [0.4, 0.5) is 5.69 Å². The van der Waals surface area contributed by atoms with Crippen LogP contribution in [0.25, 0.3) is 0 Å². The van der Waals surface area contributed by atoms with Crippen LogP contribution in [-0.2, 0) is 16.8 Å². The number of carbonyl (C=O) groups is 2. The van der Waals surface area contributed by atoms with Gasteiger partial charge in [-0.3, -0.25) is 14.5 Å². The van der Waals surface area contributed by atoms with E-state index in [1.54, 1.807) is 19.1 Å². The first-order valence-corrected chi connectivity index (χ1v) is 11.9. The summed E-state index contributed by atoms with van der Waals surface area (Å²) in [4.78, 5) is 30.1. The monoisotopic (exact) mass is 450 g/mol. The highest BCUT2D eigenvalue weighted by molar-refractivity contribution is 6.01. The van der Waals surface area contributed by atoms with Crippen molar-refractivity contribution in [3.63, 3.8) is 0 Å². The first kappa shape index (κ1) is 24.9. The molecule has 33 heavy (non-hydrogen) atoms. The standard InChI is InChI=1S/C27H38N4O2/c1-6-30-15-17-31(18-16-30)19-21-7-13-24(14-8-21)29-25(32)20(2)28-26(33)22-9-11-23(12-10-22)27(3,4)5/h7-14,20H,6,15-19H2,1-5H3,(H,28,33)(H,29,32). The number of nitrogens with zero attached hydrogens (tertiary/aromatic N) is 2. The fourth-order valence-electron chi connectivity index (χ4n) is 3.93. The molecule has 0 spiro atoms. The van der Waals surface area contributed by atoms with Gasteiger partial charge in [0.2, 0.25) is 5.91 Å². The lowest BCUT2D eigenvalue weighted by Gasteiger charge is -2.34. The predicted molar refractivity (Wildman–Crippen MR) is 135 cm³/mol. The maximum Gasteiger partial charge on any atom is 0.251 e.